The Labute approximate surface area is 111 Å². The van der Waals surface area contributed by atoms with Crippen LogP contribution in [0.15, 0.2) is 30.6 Å². The van der Waals surface area contributed by atoms with E-state index in [0.29, 0.717) is 12.3 Å². The molecule has 18 heavy (non-hydrogen) atoms. The van der Waals surface area contributed by atoms with Crippen LogP contribution < -0.4 is 0 Å². The number of hydrogen-bond acceptors (Lipinski definition) is 2. The summed E-state index contributed by atoms with van der Waals surface area (Å²) in [7, 11) is 0. The minimum Gasteiger partial charge on any atom is -0.250 e. The highest BCUT2D eigenvalue weighted by atomic mass is 35.5. The van der Waals surface area contributed by atoms with Crippen LogP contribution in [0.4, 0.5) is 4.39 Å². The average Bonchev–Trinajstić information content (AvgIpc) is 2.84. The molecule has 2 aromatic rings. The van der Waals surface area contributed by atoms with Gasteiger partial charge in [0.05, 0.1) is 0 Å². The Bertz CT molecular complexity index is 495. The Balaban J connectivity index is 2.17. The van der Waals surface area contributed by atoms with Crippen LogP contribution in [-0.4, -0.2) is 20.6 Å². The van der Waals surface area contributed by atoms with E-state index in [9.17, 15) is 4.39 Å². The molecule has 0 saturated heterocycles. The average molecular weight is 268 g/mol. The van der Waals surface area contributed by atoms with Crippen LogP contribution in [0.3, 0.4) is 0 Å². The van der Waals surface area contributed by atoms with Gasteiger partial charge in [-0.2, -0.15) is 5.10 Å². The molecule has 2 rings (SSSR count). The van der Waals surface area contributed by atoms with Gasteiger partial charge < -0.3 is 0 Å². The van der Waals surface area contributed by atoms with E-state index in [-0.39, 0.29) is 11.7 Å². The van der Waals surface area contributed by atoms with Crippen molar-refractivity contribution in [3.8, 4) is 0 Å². The molecule has 0 radical (unpaired) electrons. The van der Waals surface area contributed by atoms with Crippen molar-refractivity contribution in [3.05, 3.63) is 47.8 Å². The van der Waals surface area contributed by atoms with Gasteiger partial charge in [0.2, 0.25) is 0 Å². The van der Waals surface area contributed by atoms with E-state index in [4.69, 9.17) is 11.6 Å². The van der Waals surface area contributed by atoms with Gasteiger partial charge in [0.25, 0.3) is 0 Å². The van der Waals surface area contributed by atoms with E-state index < -0.39 is 0 Å². The Morgan fingerprint density at radius 3 is 2.67 bits per heavy atom. The van der Waals surface area contributed by atoms with Crippen LogP contribution in [0, 0.1) is 5.82 Å². The first kappa shape index (κ1) is 13.0. The summed E-state index contributed by atoms with van der Waals surface area (Å²) >= 11 is 6.00. The number of halogens is 2. The standard InChI is InChI=1S/C13H15ClFN3/c1-2-18-13(16-9-17-18)7-11(8-14)10-3-5-12(15)6-4-10/h3-6,9,11H,2,7-8H2,1H3. The minimum absolute atomic E-state index is 0.127. The molecule has 0 aliphatic carbocycles. The number of benzene rings is 1. The van der Waals surface area contributed by atoms with Gasteiger partial charge in [-0.1, -0.05) is 12.1 Å². The fraction of sp³-hybridized carbons (Fsp3) is 0.385. The van der Waals surface area contributed by atoms with Crippen LogP contribution in [0.25, 0.3) is 0 Å². The fourth-order valence-electron chi connectivity index (χ4n) is 1.93. The van der Waals surface area contributed by atoms with Gasteiger partial charge in [0.15, 0.2) is 0 Å². The van der Waals surface area contributed by atoms with Gasteiger partial charge in [0.1, 0.15) is 18.0 Å². The maximum absolute atomic E-state index is 12.9. The number of alkyl halides is 1. The largest absolute Gasteiger partial charge is 0.250 e. The molecule has 5 heteroatoms. The molecule has 1 aromatic carbocycles. The minimum atomic E-state index is -0.233. The van der Waals surface area contributed by atoms with Gasteiger partial charge in [-0.25, -0.2) is 9.37 Å². The zero-order valence-electron chi connectivity index (χ0n) is 10.2. The van der Waals surface area contributed by atoms with Crippen molar-refractivity contribution in [1.29, 1.82) is 0 Å². The predicted octanol–water partition coefficient (Wildman–Crippen LogP) is 3.00. The maximum atomic E-state index is 12.9. The number of aryl methyl sites for hydroxylation is 1. The zero-order chi connectivity index (χ0) is 13.0. The number of nitrogens with zero attached hydrogens (tertiary/aromatic N) is 3. The second kappa shape index (κ2) is 5.96. The molecule has 0 aliphatic heterocycles. The van der Waals surface area contributed by atoms with Crippen molar-refractivity contribution >= 4 is 11.6 Å². The van der Waals surface area contributed by atoms with Crippen LogP contribution >= 0.6 is 11.6 Å². The Hall–Kier alpha value is -1.42. The third-order valence-electron chi connectivity index (χ3n) is 2.95. The monoisotopic (exact) mass is 267 g/mol. The highest BCUT2D eigenvalue weighted by molar-refractivity contribution is 6.18. The molecule has 0 fully saturated rings. The van der Waals surface area contributed by atoms with Crippen molar-refractivity contribution in [2.75, 3.05) is 5.88 Å². The molecule has 1 unspecified atom stereocenters. The second-order valence-corrected chi connectivity index (χ2v) is 4.41. The summed E-state index contributed by atoms with van der Waals surface area (Å²) in [6, 6.07) is 6.46. The lowest BCUT2D eigenvalue weighted by Gasteiger charge is -2.14. The number of rotatable bonds is 5. The van der Waals surface area contributed by atoms with Crippen molar-refractivity contribution in [2.45, 2.75) is 25.8 Å². The smallest absolute Gasteiger partial charge is 0.138 e. The molecule has 0 saturated carbocycles. The third-order valence-corrected chi connectivity index (χ3v) is 3.32. The molecule has 1 heterocycles. The normalized spacial score (nSPS) is 12.6. The molecular weight excluding hydrogens is 253 g/mol. The SMILES string of the molecule is CCn1ncnc1CC(CCl)c1ccc(F)cc1. The lowest BCUT2D eigenvalue weighted by Crippen LogP contribution is -2.11. The molecule has 96 valence electrons. The quantitative estimate of drug-likeness (QED) is 0.780. The summed E-state index contributed by atoms with van der Waals surface area (Å²) in [5, 5.41) is 4.13. The van der Waals surface area contributed by atoms with E-state index in [1.54, 1.807) is 18.5 Å². The number of aromatic nitrogens is 3. The molecule has 0 N–H and O–H groups in total. The van der Waals surface area contributed by atoms with Gasteiger partial charge in [-0.15, -0.1) is 11.6 Å². The van der Waals surface area contributed by atoms with Crippen LogP contribution in [0.5, 0.6) is 0 Å². The van der Waals surface area contributed by atoms with E-state index in [0.717, 1.165) is 17.9 Å². The van der Waals surface area contributed by atoms with Crippen LogP contribution in [0.2, 0.25) is 0 Å². The van der Waals surface area contributed by atoms with Gasteiger partial charge in [-0.3, -0.25) is 4.68 Å². The van der Waals surface area contributed by atoms with E-state index in [1.165, 1.54) is 12.1 Å². The first-order chi connectivity index (χ1) is 8.74. The Morgan fingerprint density at radius 1 is 1.33 bits per heavy atom. The molecule has 0 spiro atoms. The van der Waals surface area contributed by atoms with Gasteiger partial charge >= 0.3 is 0 Å². The molecule has 0 aliphatic rings. The van der Waals surface area contributed by atoms with Crippen molar-refractivity contribution in [3.63, 3.8) is 0 Å². The Kier molecular flexibility index (Phi) is 4.31. The second-order valence-electron chi connectivity index (χ2n) is 4.10. The zero-order valence-corrected chi connectivity index (χ0v) is 10.9. The third kappa shape index (κ3) is 2.88. The van der Waals surface area contributed by atoms with E-state index in [2.05, 4.69) is 10.1 Å². The van der Waals surface area contributed by atoms with Crippen LogP contribution in [0.1, 0.15) is 24.2 Å². The lowest BCUT2D eigenvalue weighted by atomic mass is 9.97. The first-order valence-corrected chi connectivity index (χ1v) is 6.46. The molecule has 1 aromatic heterocycles. The predicted molar refractivity (Wildman–Crippen MR) is 69.3 cm³/mol. The maximum Gasteiger partial charge on any atom is 0.138 e. The van der Waals surface area contributed by atoms with Crippen LogP contribution in [-0.2, 0) is 13.0 Å². The molecular formula is C13H15ClFN3. The van der Waals surface area contributed by atoms with Crippen molar-refractivity contribution in [1.82, 2.24) is 14.8 Å². The number of hydrogen-bond donors (Lipinski definition) is 0. The molecule has 0 bridgehead atoms. The molecule has 3 nitrogen and oxygen atoms in total. The summed E-state index contributed by atoms with van der Waals surface area (Å²) in [5.74, 6) is 1.28. The summed E-state index contributed by atoms with van der Waals surface area (Å²) in [6.45, 7) is 2.81. The molecule has 1 atom stereocenters. The lowest BCUT2D eigenvalue weighted by molar-refractivity contribution is 0.588. The highest BCUT2D eigenvalue weighted by Crippen LogP contribution is 2.21. The van der Waals surface area contributed by atoms with Crippen molar-refractivity contribution < 1.29 is 4.39 Å². The van der Waals surface area contributed by atoms with E-state index >= 15 is 0 Å². The van der Waals surface area contributed by atoms with Crippen molar-refractivity contribution in [2.24, 2.45) is 0 Å². The first-order valence-electron chi connectivity index (χ1n) is 5.92. The Morgan fingerprint density at radius 2 is 2.06 bits per heavy atom. The highest BCUT2D eigenvalue weighted by Gasteiger charge is 2.14. The summed E-state index contributed by atoms with van der Waals surface area (Å²) in [4.78, 5) is 4.24. The fourth-order valence-corrected chi connectivity index (χ4v) is 2.21. The topological polar surface area (TPSA) is 30.7 Å². The van der Waals surface area contributed by atoms with Gasteiger partial charge in [0, 0.05) is 24.8 Å². The molecule has 0 amide bonds. The summed E-state index contributed by atoms with van der Waals surface area (Å²) in [5.41, 5.74) is 1.03. The van der Waals surface area contributed by atoms with E-state index in [1.807, 2.05) is 11.6 Å². The summed E-state index contributed by atoms with van der Waals surface area (Å²) in [6.07, 6.45) is 2.26. The van der Waals surface area contributed by atoms with Gasteiger partial charge in [-0.05, 0) is 24.6 Å². The summed E-state index contributed by atoms with van der Waals surface area (Å²) < 4.78 is 14.7.